The summed E-state index contributed by atoms with van der Waals surface area (Å²) >= 11 is 0. The molecule has 0 aromatic rings. The van der Waals surface area contributed by atoms with Crippen molar-refractivity contribution in [2.45, 2.75) is 375 Å². The predicted octanol–water partition coefficient (Wildman–Crippen LogP) is 21.3. The van der Waals surface area contributed by atoms with Gasteiger partial charge >= 0.3 is 39.5 Å². The molecule has 0 heterocycles. The van der Waals surface area contributed by atoms with E-state index in [2.05, 4.69) is 72.8 Å². The van der Waals surface area contributed by atoms with Crippen LogP contribution in [0.5, 0.6) is 0 Å². The van der Waals surface area contributed by atoms with Gasteiger partial charge in [0.25, 0.3) is 0 Å². The maximum absolute atomic E-state index is 13.1. The number of unbranched alkanes of at least 4 members (excludes halogenated alkanes) is 35. The predicted molar refractivity (Wildman–Crippen MR) is 381 cm³/mol. The van der Waals surface area contributed by atoms with E-state index in [4.69, 9.17) is 37.0 Å². The number of hydrogen-bond acceptors (Lipinski definition) is 15. The second-order valence-electron chi connectivity index (χ2n) is 27.5. The van der Waals surface area contributed by atoms with Crippen molar-refractivity contribution in [3.8, 4) is 0 Å². The van der Waals surface area contributed by atoms with Crippen molar-refractivity contribution in [1.29, 1.82) is 0 Å². The number of hydrogen-bond donors (Lipinski definition) is 3. The molecule has 0 fully saturated rings. The van der Waals surface area contributed by atoms with Crippen LogP contribution in [-0.2, 0) is 65.4 Å². The molecular weight excluding hydrogens is 1230 g/mol. The van der Waals surface area contributed by atoms with Crippen LogP contribution >= 0.6 is 15.6 Å². The van der Waals surface area contributed by atoms with E-state index in [1.54, 1.807) is 0 Å². The Hall–Kier alpha value is -2.46. The minimum absolute atomic E-state index is 0.0838. The van der Waals surface area contributed by atoms with Crippen LogP contribution in [0, 0.1) is 17.8 Å². The monoisotopic (exact) mass is 1380 g/mol. The molecule has 0 aromatic carbocycles. The molecule has 0 saturated carbocycles. The Kier molecular flexibility index (Phi) is 63.5. The van der Waals surface area contributed by atoms with E-state index >= 15 is 0 Å². The Morgan fingerprint density at radius 3 is 0.947 bits per heavy atom. The van der Waals surface area contributed by atoms with Crippen LogP contribution in [0.1, 0.15) is 357 Å². The Bertz CT molecular complexity index is 1930. The van der Waals surface area contributed by atoms with E-state index in [-0.39, 0.29) is 25.7 Å². The molecule has 0 radical (unpaired) electrons. The number of aliphatic hydroxyl groups excluding tert-OH is 1. The fourth-order valence-corrected chi connectivity index (χ4v) is 12.4. The summed E-state index contributed by atoms with van der Waals surface area (Å²) in [5.41, 5.74) is 0. The lowest BCUT2D eigenvalue weighted by molar-refractivity contribution is -0.161. The van der Waals surface area contributed by atoms with Crippen LogP contribution in [0.15, 0.2) is 24.3 Å². The minimum Gasteiger partial charge on any atom is -0.462 e. The highest BCUT2D eigenvalue weighted by molar-refractivity contribution is 7.47. The zero-order chi connectivity index (χ0) is 69.4. The lowest BCUT2D eigenvalue weighted by atomic mass is 10.00. The zero-order valence-corrected chi connectivity index (χ0v) is 62.7. The third-order valence-corrected chi connectivity index (χ3v) is 19.0. The van der Waals surface area contributed by atoms with Crippen LogP contribution in [0.2, 0.25) is 0 Å². The van der Waals surface area contributed by atoms with Gasteiger partial charge in [-0.15, -0.1) is 0 Å². The third-order valence-electron chi connectivity index (χ3n) is 17.1. The first kappa shape index (κ1) is 91.5. The highest BCUT2D eigenvalue weighted by atomic mass is 31.2. The first-order chi connectivity index (χ1) is 45.3. The fourth-order valence-electron chi connectivity index (χ4n) is 10.9. The molecule has 0 aliphatic heterocycles. The van der Waals surface area contributed by atoms with Gasteiger partial charge in [-0.2, -0.15) is 0 Å². The Balaban J connectivity index is 5.29. The maximum Gasteiger partial charge on any atom is 0.472 e. The second-order valence-corrected chi connectivity index (χ2v) is 30.5. The van der Waals surface area contributed by atoms with Crippen molar-refractivity contribution in [2.24, 2.45) is 17.8 Å². The maximum atomic E-state index is 13.1. The molecule has 0 saturated heterocycles. The molecule has 0 aliphatic carbocycles. The van der Waals surface area contributed by atoms with Crippen LogP contribution in [0.3, 0.4) is 0 Å². The molecule has 0 amide bonds. The quantitative estimate of drug-likeness (QED) is 0.0169. The van der Waals surface area contributed by atoms with E-state index in [9.17, 15) is 43.2 Å². The van der Waals surface area contributed by atoms with Crippen molar-refractivity contribution in [1.82, 2.24) is 0 Å². The van der Waals surface area contributed by atoms with Gasteiger partial charge in [0.2, 0.25) is 0 Å². The first-order valence-electron chi connectivity index (χ1n) is 38.2. The summed E-state index contributed by atoms with van der Waals surface area (Å²) in [6.45, 7) is 11.8. The Morgan fingerprint density at radius 2 is 0.628 bits per heavy atom. The first-order valence-corrected chi connectivity index (χ1v) is 41.2. The lowest BCUT2D eigenvalue weighted by Crippen LogP contribution is -2.30. The molecule has 94 heavy (non-hydrogen) atoms. The molecule has 3 unspecified atom stereocenters. The number of esters is 4. The molecule has 0 aliphatic rings. The SMILES string of the molecule is CCCCCC/C=C\C=C/CCCCCCCC(=O)O[C@H](COC(=O)CCCCCCCCC(C)CC)COP(=O)(O)OC[C@H](O)COP(=O)(O)OC[C@@H](COC(=O)CCCCCCCCCCCCCCC(C)C)OC(=O)CCCCCCCCCCCCCC(C)C. The summed E-state index contributed by atoms with van der Waals surface area (Å²) < 4.78 is 68.4. The summed E-state index contributed by atoms with van der Waals surface area (Å²) in [4.78, 5) is 72.7. The number of carbonyl (C=O) groups excluding carboxylic acids is 4. The van der Waals surface area contributed by atoms with Gasteiger partial charge in [-0.3, -0.25) is 37.3 Å². The summed E-state index contributed by atoms with van der Waals surface area (Å²) in [6.07, 6.45) is 53.5. The molecule has 0 bridgehead atoms. The van der Waals surface area contributed by atoms with E-state index < -0.39 is 97.5 Å². The lowest BCUT2D eigenvalue weighted by Gasteiger charge is -2.21. The third kappa shape index (κ3) is 66.8. The van der Waals surface area contributed by atoms with Crippen molar-refractivity contribution >= 4 is 39.5 Å². The van der Waals surface area contributed by atoms with Gasteiger partial charge < -0.3 is 33.8 Å². The van der Waals surface area contributed by atoms with Crippen LogP contribution in [0.25, 0.3) is 0 Å². The number of allylic oxidation sites excluding steroid dienone is 4. The topological polar surface area (TPSA) is 237 Å². The van der Waals surface area contributed by atoms with Crippen molar-refractivity contribution in [3.63, 3.8) is 0 Å². The molecular formula is C75H142O17P2. The molecule has 0 spiro atoms. The van der Waals surface area contributed by atoms with Gasteiger partial charge in [0.1, 0.15) is 19.3 Å². The molecule has 0 aromatic heterocycles. The second kappa shape index (κ2) is 65.2. The van der Waals surface area contributed by atoms with Crippen molar-refractivity contribution in [3.05, 3.63) is 24.3 Å². The molecule has 0 rings (SSSR count). The van der Waals surface area contributed by atoms with E-state index in [1.165, 1.54) is 148 Å². The van der Waals surface area contributed by atoms with Gasteiger partial charge in [-0.1, -0.05) is 304 Å². The van der Waals surface area contributed by atoms with E-state index in [0.29, 0.717) is 25.7 Å². The number of aliphatic hydroxyl groups is 1. The van der Waals surface area contributed by atoms with E-state index in [0.717, 1.165) is 127 Å². The van der Waals surface area contributed by atoms with Crippen molar-refractivity contribution in [2.75, 3.05) is 39.6 Å². The number of rotatable bonds is 71. The van der Waals surface area contributed by atoms with Crippen molar-refractivity contribution < 1.29 is 80.2 Å². The number of carbonyl (C=O) groups is 4. The average Bonchev–Trinajstić information content (AvgIpc) is 1.42. The summed E-state index contributed by atoms with van der Waals surface area (Å²) in [5.74, 6) is 0.121. The largest absolute Gasteiger partial charge is 0.472 e. The van der Waals surface area contributed by atoms with Crippen LogP contribution in [-0.4, -0.2) is 96.7 Å². The summed E-state index contributed by atoms with van der Waals surface area (Å²) in [5, 5.41) is 10.6. The van der Waals surface area contributed by atoms with Gasteiger partial charge in [0.15, 0.2) is 12.2 Å². The fraction of sp³-hybridized carbons (Fsp3) is 0.893. The molecule has 6 atom stereocenters. The molecule has 554 valence electrons. The average molecular weight is 1380 g/mol. The number of ether oxygens (including phenoxy) is 4. The van der Waals surface area contributed by atoms with Gasteiger partial charge in [-0.25, -0.2) is 9.13 Å². The van der Waals surface area contributed by atoms with Gasteiger partial charge in [0, 0.05) is 25.7 Å². The summed E-state index contributed by atoms with van der Waals surface area (Å²) in [6, 6.07) is 0. The van der Waals surface area contributed by atoms with E-state index in [1.807, 2.05) is 0 Å². The smallest absolute Gasteiger partial charge is 0.462 e. The Labute approximate surface area is 573 Å². The van der Waals surface area contributed by atoms with Crippen LogP contribution in [0.4, 0.5) is 0 Å². The van der Waals surface area contributed by atoms with Crippen LogP contribution < -0.4 is 0 Å². The molecule has 3 N–H and O–H groups in total. The molecule has 19 heteroatoms. The standard InChI is InChI=1S/C75H142O17P2/c1-8-10-11-12-13-14-15-16-17-18-25-30-35-44-51-58-74(79)92-71(63-86-73(78)57-50-43-38-37-41-48-55-68(7)9-2)65-90-94(83,84)88-61-69(76)60-87-93(81,82)89-64-70(91-75(80)59-52-45-36-31-26-21-23-28-33-40-47-54-67(5)6)62-85-72(77)56-49-42-34-29-24-20-19-22-27-32-39-46-53-66(3)4/h14-17,66-71,76H,8-13,18-65H2,1-7H3,(H,81,82)(H,83,84)/b15-14-,17-16-/t68?,69-,70-,71-/m1/s1. The van der Waals surface area contributed by atoms with Gasteiger partial charge in [-0.05, 0) is 69.1 Å². The normalized spacial score (nSPS) is 14.6. The summed E-state index contributed by atoms with van der Waals surface area (Å²) in [7, 11) is -9.92. The highest BCUT2D eigenvalue weighted by Gasteiger charge is 2.30. The Morgan fingerprint density at radius 1 is 0.351 bits per heavy atom. The highest BCUT2D eigenvalue weighted by Crippen LogP contribution is 2.45. The zero-order valence-electron chi connectivity index (χ0n) is 60.9. The number of phosphoric ester groups is 2. The molecule has 17 nitrogen and oxygen atoms in total. The number of phosphoric acid groups is 2. The van der Waals surface area contributed by atoms with Gasteiger partial charge in [0.05, 0.1) is 26.4 Å². The minimum atomic E-state index is -4.96.